The van der Waals surface area contributed by atoms with Crippen LogP contribution in [0.1, 0.15) is 47.4 Å². The summed E-state index contributed by atoms with van der Waals surface area (Å²) in [6, 6.07) is 6.07. The van der Waals surface area contributed by atoms with E-state index in [4.69, 9.17) is 28.4 Å². The summed E-state index contributed by atoms with van der Waals surface area (Å²) >= 11 is 0. The van der Waals surface area contributed by atoms with Gasteiger partial charge in [0.1, 0.15) is 0 Å². The standard InChI is InChI=1S/C22H30O8/c1-3-21(9-25-10-21)13-27-15-29-19(23)17-5-7-18(8-6-17)20(24)30-16-28-14-22(4-2)11-26-12-22/h5-8H,3-4,9-16H2,1-2H3. The monoisotopic (exact) mass is 422 g/mol. The minimum atomic E-state index is -0.513. The molecule has 0 bridgehead atoms. The Labute approximate surface area is 176 Å². The predicted molar refractivity (Wildman–Crippen MR) is 106 cm³/mol. The quantitative estimate of drug-likeness (QED) is 0.289. The maximum Gasteiger partial charge on any atom is 0.340 e. The van der Waals surface area contributed by atoms with Gasteiger partial charge in [-0.25, -0.2) is 9.59 Å². The Morgan fingerprint density at radius 3 is 1.40 bits per heavy atom. The molecule has 0 saturated carbocycles. The van der Waals surface area contributed by atoms with E-state index in [1.165, 1.54) is 24.3 Å². The van der Waals surface area contributed by atoms with Crippen molar-refractivity contribution in [1.29, 1.82) is 0 Å². The van der Waals surface area contributed by atoms with Gasteiger partial charge in [-0.2, -0.15) is 0 Å². The smallest absolute Gasteiger partial charge is 0.340 e. The third-order valence-electron chi connectivity index (χ3n) is 5.85. The fourth-order valence-corrected chi connectivity index (χ4v) is 3.18. The van der Waals surface area contributed by atoms with Crippen molar-refractivity contribution in [3.05, 3.63) is 35.4 Å². The second kappa shape index (κ2) is 10.3. The molecule has 166 valence electrons. The zero-order chi connectivity index (χ0) is 21.5. The number of ether oxygens (including phenoxy) is 6. The molecule has 30 heavy (non-hydrogen) atoms. The highest BCUT2D eigenvalue weighted by molar-refractivity contribution is 5.93. The number of hydrogen-bond donors (Lipinski definition) is 0. The van der Waals surface area contributed by atoms with Gasteiger partial charge in [0.05, 0.1) is 50.8 Å². The number of esters is 2. The summed E-state index contributed by atoms with van der Waals surface area (Å²) in [7, 11) is 0. The molecule has 2 aliphatic rings. The molecule has 0 atom stereocenters. The molecule has 2 saturated heterocycles. The molecule has 8 heteroatoms. The van der Waals surface area contributed by atoms with Crippen molar-refractivity contribution in [3.63, 3.8) is 0 Å². The van der Waals surface area contributed by atoms with E-state index in [9.17, 15) is 9.59 Å². The molecule has 1 aromatic carbocycles. The van der Waals surface area contributed by atoms with Crippen LogP contribution < -0.4 is 0 Å². The van der Waals surface area contributed by atoms with Crippen LogP contribution in [0.25, 0.3) is 0 Å². The number of rotatable bonds is 12. The first kappa shape index (κ1) is 22.7. The van der Waals surface area contributed by atoms with Crippen molar-refractivity contribution in [3.8, 4) is 0 Å². The first-order valence-electron chi connectivity index (χ1n) is 10.3. The van der Waals surface area contributed by atoms with Crippen LogP contribution in [0.2, 0.25) is 0 Å². The number of hydrogen-bond acceptors (Lipinski definition) is 8. The summed E-state index contributed by atoms with van der Waals surface area (Å²) in [6.07, 6.45) is 1.91. The second-order valence-electron chi connectivity index (χ2n) is 8.07. The number of carbonyl (C=O) groups excluding carboxylic acids is 2. The lowest BCUT2D eigenvalue weighted by atomic mass is 9.84. The van der Waals surface area contributed by atoms with E-state index in [1.807, 2.05) is 0 Å². The summed E-state index contributed by atoms with van der Waals surface area (Å²) in [4.78, 5) is 24.2. The van der Waals surface area contributed by atoms with Crippen LogP contribution in [0.4, 0.5) is 0 Å². The van der Waals surface area contributed by atoms with Crippen LogP contribution >= 0.6 is 0 Å². The predicted octanol–water partition coefficient (Wildman–Crippen LogP) is 2.80. The normalized spacial score (nSPS) is 18.7. The van der Waals surface area contributed by atoms with Gasteiger partial charge in [0.2, 0.25) is 0 Å². The summed E-state index contributed by atoms with van der Waals surface area (Å²) in [5.41, 5.74) is 0.749. The highest BCUT2D eigenvalue weighted by atomic mass is 16.7. The lowest BCUT2D eigenvalue weighted by Crippen LogP contribution is -2.45. The van der Waals surface area contributed by atoms with E-state index in [0.717, 1.165) is 12.8 Å². The van der Waals surface area contributed by atoms with Crippen LogP contribution in [0.3, 0.4) is 0 Å². The SMILES string of the molecule is CCC1(COCOC(=O)c2ccc(C(=O)OCOCC3(CC)COC3)cc2)COC1. The molecular weight excluding hydrogens is 392 g/mol. The average Bonchev–Trinajstić information content (AvgIpc) is 2.71. The van der Waals surface area contributed by atoms with Gasteiger partial charge in [0.15, 0.2) is 13.6 Å². The van der Waals surface area contributed by atoms with Crippen LogP contribution in [-0.2, 0) is 28.4 Å². The molecule has 0 amide bonds. The summed E-state index contributed by atoms with van der Waals surface area (Å²) < 4.78 is 31.6. The van der Waals surface area contributed by atoms with Gasteiger partial charge in [0.25, 0.3) is 0 Å². The maximum absolute atomic E-state index is 12.1. The molecular formula is C22H30O8. The molecule has 0 aliphatic carbocycles. The summed E-state index contributed by atoms with van der Waals surface area (Å²) in [5, 5.41) is 0. The Morgan fingerprint density at radius 1 is 0.767 bits per heavy atom. The largest absolute Gasteiger partial charge is 0.435 e. The Balaban J connectivity index is 1.35. The van der Waals surface area contributed by atoms with Crippen LogP contribution in [0.5, 0.6) is 0 Å². The maximum atomic E-state index is 12.1. The zero-order valence-electron chi connectivity index (χ0n) is 17.6. The van der Waals surface area contributed by atoms with E-state index < -0.39 is 11.9 Å². The Hall–Kier alpha value is -2.00. The van der Waals surface area contributed by atoms with Gasteiger partial charge < -0.3 is 28.4 Å². The number of benzene rings is 1. The van der Waals surface area contributed by atoms with Crippen molar-refractivity contribution >= 4 is 11.9 Å². The van der Waals surface area contributed by atoms with Gasteiger partial charge in [-0.05, 0) is 37.1 Å². The van der Waals surface area contributed by atoms with Crippen molar-refractivity contribution in [2.75, 3.05) is 53.2 Å². The van der Waals surface area contributed by atoms with Crippen LogP contribution in [-0.4, -0.2) is 65.2 Å². The lowest BCUT2D eigenvalue weighted by molar-refractivity contribution is -0.166. The number of carbonyl (C=O) groups is 2. The van der Waals surface area contributed by atoms with E-state index in [-0.39, 0.29) is 24.4 Å². The van der Waals surface area contributed by atoms with Crippen LogP contribution in [0, 0.1) is 10.8 Å². The molecule has 0 radical (unpaired) electrons. The zero-order valence-corrected chi connectivity index (χ0v) is 17.6. The van der Waals surface area contributed by atoms with Crippen molar-refractivity contribution in [2.24, 2.45) is 10.8 Å². The highest BCUT2D eigenvalue weighted by Gasteiger charge is 2.37. The third kappa shape index (κ3) is 5.57. The van der Waals surface area contributed by atoms with Gasteiger partial charge in [-0.1, -0.05) is 13.8 Å². The minimum absolute atomic E-state index is 0.0426. The van der Waals surface area contributed by atoms with E-state index in [1.54, 1.807) is 0 Å². The summed E-state index contributed by atoms with van der Waals surface area (Å²) in [5.74, 6) is -1.03. The Morgan fingerprint density at radius 2 is 1.13 bits per heavy atom. The first-order chi connectivity index (χ1) is 14.5. The molecule has 0 unspecified atom stereocenters. The highest BCUT2D eigenvalue weighted by Crippen LogP contribution is 2.32. The minimum Gasteiger partial charge on any atom is -0.435 e. The van der Waals surface area contributed by atoms with E-state index in [0.29, 0.717) is 50.8 Å². The Bertz CT molecular complexity index is 634. The molecule has 0 N–H and O–H groups in total. The van der Waals surface area contributed by atoms with Crippen LogP contribution in [0.15, 0.2) is 24.3 Å². The molecule has 2 aliphatic heterocycles. The molecule has 1 aromatic rings. The van der Waals surface area contributed by atoms with Gasteiger partial charge in [0, 0.05) is 10.8 Å². The molecule has 2 heterocycles. The van der Waals surface area contributed by atoms with Crippen molar-refractivity contribution in [1.82, 2.24) is 0 Å². The molecule has 3 rings (SSSR count). The van der Waals surface area contributed by atoms with Gasteiger partial charge in [-0.15, -0.1) is 0 Å². The van der Waals surface area contributed by atoms with Gasteiger partial charge in [-0.3, -0.25) is 0 Å². The average molecular weight is 422 g/mol. The first-order valence-corrected chi connectivity index (χ1v) is 10.3. The van der Waals surface area contributed by atoms with Gasteiger partial charge >= 0.3 is 11.9 Å². The third-order valence-corrected chi connectivity index (χ3v) is 5.85. The molecule has 0 aromatic heterocycles. The lowest BCUT2D eigenvalue weighted by Gasteiger charge is -2.40. The topological polar surface area (TPSA) is 89.5 Å². The molecule has 8 nitrogen and oxygen atoms in total. The van der Waals surface area contributed by atoms with Crippen molar-refractivity contribution < 1.29 is 38.0 Å². The van der Waals surface area contributed by atoms with E-state index >= 15 is 0 Å². The second-order valence-corrected chi connectivity index (χ2v) is 8.07. The summed E-state index contributed by atoms with van der Waals surface area (Å²) in [6.45, 7) is 7.62. The van der Waals surface area contributed by atoms with E-state index in [2.05, 4.69) is 13.8 Å². The molecule has 2 fully saturated rings. The fraction of sp³-hybridized carbons (Fsp3) is 0.636. The Kier molecular flexibility index (Phi) is 7.82. The molecule has 0 spiro atoms. The van der Waals surface area contributed by atoms with Crippen molar-refractivity contribution in [2.45, 2.75) is 26.7 Å². The fourth-order valence-electron chi connectivity index (χ4n) is 3.18.